The van der Waals surface area contributed by atoms with Crippen LogP contribution in [0, 0.1) is 6.92 Å². The largest absolute Gasteiger partial charge is 0.288 e. The van der Waals surface area contributed by atoms with Crippen LogP contribution in [0.2, 0.25) is 0 Å². The zero-order valence-corrected chi connectivity index (χ0v) is 14.7. The summed E-state index contributed by atoms with van der Waals surface area (Å²) in [6.45, 7) is 1.96. The first-order valence-electron chi connectivity index (χ1n) is 8.24. The normalized spacial score (nSPS) is 19.3. The smallest absolute Gasteiger partial charge is 0.261 e. The van der Waals surface area contributed by atoms with Crippen molar-refractivity contribution in [1.82, 2.24) is 9.55 Å². The van der Waals surface area contributed by atoms with Crippen LogP contribution in [0.5, 0.6) is 0 Å². The lowest BCUT2D eigenvalue weighted by Crippen LogP contribution is -2.28. The van der Waals surface area contributed by atoms with Gasteiger partial charge in [-0.05, 0) is 31.0 Å². The number of hydrogen-bond donors (Lipinski definition) is 0. The van der Waals surface area contributed by atoms with Crippen LogP contribution in [0.1, 0.15) is 18.0 Å². The molecule has 25 heavy (non-hydrogen) atoms. The number of aryl methyl sites for hydroxylation is 1. The summed E-state index contributed by atoms with van der Waals surface area (Å²) in [5.41, 5.74) is 2.31. The molecule has 0 spiro atoms. The van der Waals surface area contributed by atoms with Gasteiger partial charge in [0.15, 0.2) is 9.84 Å². The SMILES string of the molecule is Cc1ccccc1-c1nc2ccccc2c(=O)n1[C@@H]1CCS(=O)(=O)C1. The number of para-hydroxylation sites is 1. The summed E-state index contributed by atoms with van der Waals surface area (Å²) in [4.78, 5) is 17.9. The average Bonchev–Trinajstić information content (AvgIpc) is 2.95. The molecule has 1 saturated heterocycles. The van der Waals surface area contributed by atoms with Crippen molar-refractivity contribution in [2.45, 2.75) is 19.4 Å². The van der Waals surface area contributed by atoms with Crippen molar-refractivity contribution in [1.29, 1.82) is 0 Å². The van der Waals surface area contributed by atoms with Crippen LogP contribution >= 0.6 is 0 Å². The van der Waals surface area contributed by atoms with E-state index in [1.165, 1.54) is 0 Å². The molecule has 6 heteroatoms. The van der Waals surface area contributed by atoms with Crippen LogP contribution < -0.4 is 5.56 Å². The van der Waals surface area contributed by atoms with Gasteiger partial charge in [0.25, 0.3) is 5.56 Å². The third-order valence-corrected chi connectivity index (χ3v) is 6.52. The highest BCUT2D eigenvalue weighted by molar-refractivity contribution is 7.91. The van der Waals surface area contributed by atoms with E-state index < -0.39 is 9.84 Å². The molecule has 0 unspecified atom stereocenters. The van der Waals surface area contributed by atoms with Gasteiger partial charge in [0, 0.05) is 5.56 Å². The predicted octanol–water partition coefficient (Wildman–Crippen LogP) is 2.73. The Morgan fingerprint density at radius 3 is 2.52 bits per heavy atom. The molecule has 3 aromatic rings. The number of fused-ring (bicyclic) bond motifs is 1. The zero-order valence-electron chi connectivity index (χ0n) is 13.8. The second kappa shape index (κ2) is 5.81. The molecule has 0 radical (unpaired) electrons. The van der Waals surface area contributed by atoms with E-state index in [2.05, 4.69) is 0 Å². The van der Waals surface area contributed by atoms with Crippen molar-refractivity contribution in [3.05, 3.63) is 64.4 Å². The van der Waals surface area contributed by atoms with Gasteiger partial charge in [-0.15, -0.1) is 0 Å². The number of sulfone groups is 1. The van der Waals surface area contributed by atoms with Gasteiger partial charge in [-0.2, -0.15) is 0 Å². The topological polar surface area (TPSA) is 69.0 Å². The number of nitrogens with zero attached hydrogens (tertiary/aromatic N) is 2. The van der Waals surface area contributed by atoms with Crippen LogP contribution in [0.4, 0.5) is 0 Å². The molecule has 1 atom stereocenters. The minimum Gasteiger partial charge on any atom is -0.288 e. The highest BCUT2D eigenvalue weighted by atomic mass is 32.2. The first kappa shape index (κ1) is 16.0. The summed E-state index contributed by atoms with van der Waals surface area (Å²) in [7, 11) is -3.11. The Balaban J connectivity index is 2.05. The van der Waals surface area contributed by atoms with Crippen molar-refractivity contribution < 1.29 is 8.42 Å². The van der Waals surface area contributed by atoms with Gasteiger partial charge >= 0.3 is 0 Å². The fourth-order valence-corrected chi connectivity index (χ4v) is 5.18. The third kappa shape index (κ3) is 2.76. The minimum atomic E-state index is -3.11. The molecule has 1 aliphatic heterocycles. The molecule has 2 heterocycles. The molecular formula is C19H18N2O3S. The predicted molar refractivity (Wildman–Crippen MR) is 98.5 cm³/mol. The van der Waals surface area contributed by atoms with Gasteiger partial charge < -0.3 is 0 Å². The fourth-order valence-electron chi connectivity index (χ4n) is 3.48. The summed E-state index contributed by atoms with van der Waals surface area (Å²) < 4.78 is 25.5. The van der Waals surface area contributed by atoms with Crippen molar-refractivity contribution in [3.63, 3.8) is 0 Å². The molecule has 1 aromatic heterocycles. The van der Waals surface area contributed by atoms with E-state index in [9.17, 15) is 13.2 Å². The number of aromatic nitrogens is 2. The summed E-state index contributed by atoms with van der Waals surface area (Å²) >= 11 is 0. The number of hydrogen-bond acceptors (Lipinski definition) is 4. The van der Waals surface area contributed by atoms with Gasteiger partial charge in [0.05, 0.1) is 28.5 Å². The lowest BCUT2D eigenvalue weighted by Gasteiger charge is -2.19. The molecule has 0 N–H and O–H groups in total. The van der Waals surface area contributed by atoms with E-state index >= 15 is 0 Å². The summed E-state index contributed by atoms with van der Waals surface area (Å²) in [5, 5.41) is 0.518. The van der Waals surface area contributed by atoms with Crippen LogP contribution in [-0.2, 0) is 9.84 Å². The highest BCUT2D eigenvalue weighted by Gasteiger charge is 2.32. The first-order valence-corrected chi connectivity index (χ1v) is 10.1. The van der Waals surface area contributed by atoms with Crippen molar-refractivity contribution in [2.75, 3.05) is 11.5 Å². The van der Waals surface area contributed by atoms with Crippen LogP contribution in [0.25, 0.3) is 22.3 Å². The monoisotopic (exact) mass is 354 g/mol. The van der Waals surface area contributed by atoms with E-state index in [1.54, 1.807) is 16.7 Å². The Kier molecular flexibility index (Phi) is 3.72. The number of rotatable bonds is 2. The van der Waals surface area contributed by atoms with Gasteiger partial charge in [-0.3, -0.25) is 9.36 Å². The Hall–Kier alpha value is -2.47. The minimum absolute atomic E-state index is 0.00813. The molecule has 1 fully saturated rings. The second-order valence-electron chi connectivity index (χ2n) is 6.50. The van der Waals surface area contributed by atoms with Crippen molar-refractivity contribution >= 4 is 20.7 Å². The quantitative estimate of drug-likeness (QED) is 0.709. The van der Waals surface area contributed by atoms with Gasteiger partial charge in [0.1, 0.15) is 5.82 Å². The summed E-state index contributed by atoms with van der Waals surface area (Å²) in [6, 6.07) is 14.6. The van der Waals surface area contributed by atoms with E-state index in [0.717, 1.165) is 11.1 Å². The Bertz CT molecular complexity index is 1130. The summed E-state index contributed by atoms with van der Waals surface area (Å²) in [5.74, 6) is 0.652. The average molecular weight is 354 g/mol. The van der Waals surface area contributed by atoms with Crippen LogP contribution in [0.3, 0.4) is 0 Å². The van der Waals surface area contributed by atoms with Gasteiger partial charge in [-0.1, -0.05) is 36.4 Å². The van der Waals surface area contributed by atoms with E-state index in [0.29, 0.717) is 23.1 Å². The Morgan fingerprint density at radius 2 is 1.80 bits per heavy atom. The molecular weight excluding hydrogens is 336 g/mol. The lowest BCUT2D eigenvalue weighted by atomic mass is 10.1. The van der Waals surface area contributed by atoms with E-state index in [-0.39, 0.29) is 23.1 Å². The maximum absolute atomic E-state index is 13.2. The van der Waals surface area contributed by atoms with Crippen molar-refractivity contribution in [2.24, 2.45) is 0 Å². The highest BCUT2D eigenvalue weighted by Crippen LogP contribution is 2.29. The molecule has 0 amide bonds. The molecule has 2 aromatic carbocycles. The molecule has 5 nitrogen and oxygen atoms in total. The Labute approximate surface area is 145 Å². The molecule has 1 aliphatic rings. The molecule has 0 aliphatic carbocycles. The fraction of sp³-hybridized carbons (Fsp3) is 0.263. The van der Waals surface area contributed by atoms with Gasteiger partial charge in [0.2, 0.25) is 0 Å². The van der Waals surface area contributed by atoms with E-state index in [1.807, 2.05) is 43.3 Å². The molecule has 0 bridgehead atoms. The third-order valence-electron chi connectivity index (χ3n) is 4.77. The zero-order chi connectivity index (χ0) is 17.6. The maximum atomic E-state index is 13.2. The summed E-state index contributed by atoms with van der Waals surface area (Å²) in [6.07, 6.45) is 0.446. The number of benzene rings is 2. The van der Waals surface area contributed by atoms with E-state index in [4.69, 9.17) is 4.98 Å². The van der Waals surface area contributed by atoms with Crippen LogP contribution in [0.15, 0.2) is 53.3 Å². The molecule has 128 valence electrons. The van der Waals surface area contributed by atoms with Gasteiger partial charge in [-0.25, -0.2) is 13.4 Å². The lowest BCUT2D eigenvalue weighted by molar-refractivity contribution is 0.541. The molecule has 4 rings (SSSR count). The first-order chi connectivity index (χ1) is 12.0. The second-order valence-corrected chi connectivity index (χ2v) is 8.73. The maximum Gasteiger partial charge on any atom is 0.261 e. The van der Waals surface area contributed by atoms with Crippen molar-refractivity contribution in [3.8, 4) is 11.4 Å². The van der Waals surface area contributed by atoms with Crippen LogP contribution in [-0.4, -0.2) is 29.5 Å². The standard InChI is InChI=1S/C19H18N2O3S/c1-13-6-2-3-7-15(13)18-20-17-9-5-4-8-16(17)19(22)21(18)14-10-11-25(23,24)12-14/h2-9,14H,10-12H2,1H3/t14-/m1/s1. The molecule has 0 saturated carbocycles. The Morgan fingerprint density at radius 1 is 1.08 bits per heavy atom.